The molecule has 2 aliphatic carbocycles. The first-order chi connectivity index (χ1) is 16.5. The second-order valence-electron chi connectivity index (χ2n) is 9.46. The maximum atomic E-state index is 13.5. The molecule has 180 valence electrons. The SMILES string of the molecule is Cc1cnc(Nc2cccc(C3CCN(C(=O)[C@H]4[C@@H](C(=O)NCCO)[C@H]5C=C[C@H]4C5)CC3)n2)s1. The van der Waals surface area contributed by atoms with Gasteiger partial charge in [0.2, 0.25) is 11.8 Å². The number of aryl methyl sites for hydroxylation is 1. The molecule has 5 rings (SSSR count). The lowest BCUT2D eigenvalue weighted by atomic mass is 9.80. The number of hydrogen-bond acceptors (Lipinski definition) is 7. The lowest BCUT2D eigenvalue weighted by Gasteiger charge is -2.36. The van der Waals surface area contributed by atoms with Crippen LogP contribution in [0, 0.1) is 30.6 Å². The van der Waals surface area contributed by atoms with E-state index >= 15 is 0 Å². The van der Waals surface area contributed by atoms with Gasteiger partial charge in [-0.1, -0.05) is 18.2 Å². The molecule has 0 radical (unpaired) electrons. The Bertz CT molecular complexity index is 1080. The van der Waals surface area contributed by atoms with Gasteiger partial charge in [0.05, 0.1) is 18.4 Å². The lowest BCUT2D eigenvalue weighted by Crippen LogP contribution is -2.48. The van der Waals surface area contributed by atoms with Gasteiger partial charge in [-0.25, -0.2) is 9.97 Å². The normalized spacial score (nSPS) is 26.1. The summed E-state index contributed by atoms with van der Waals surface area (Å²) in [5.41, 5.74) is 1.04. The van der Waals surface area contributed by atoms with E-state index in [4.69, 9.17) is 10.1 Å². The van der Waals surface area contributed by atoms with E-state index in [9.17, 15) is 9.59 Å². The fourth-order valence-corrected chi connectivity index (χ4v) is 6.36. The smallest absolute Gasteiger partial charge is 0.227 e. The Labute approximate surface area is 203 Å². The second kappa shape index (κ2) is 9.84. The van der Waals surface area contributed by atoms with Gasteiger partial charge in [-0.15, -0.1) is 11.3 Å². The Kier molecular flexibility index (Phi) is 6.65. The molecule has 8 nitrogen and oxygen atoms in total. The number of hydrogen-bond donors (Lipinski definition) is 3. The number of aliphatic hydroxyl groups is 1. The minimum atomic E-state index is -0.328. The summed E-state index contributed by atoms with van der Waals surface area (Å²) in [6.07, 6.45) is 8.63. The minimum absolute atomic E-state index is 0.0945. The van der Waals surface area contributed by atoms with Crippen molar-refractivity contribution in [3.05, 3.63) is 47.1 Å². The number of carbonyl (C=O) groups excluding carboxylic acids is 2. The highest BCUT2D eigenvalue weighted by atomic mass is 32.1. The number of allylic oxidation sites excluding steroid dienone is 2. The number of anilines is 2. The highest BCUT2D eigenvalue weighted by molar-refractivity contribution is 7.15. The molecule has 2 bridgehead atoms. The Morgan fingerprint density at radius 1 is 1.18 bits per heavy atom. The minimum Gasteiger partial charge on any atom is -0.395 e. The Balaban J connectivity index is 1.21. The summed E-state index contributed by atoms with van der Waals surface area (Å²) in [5, 5.41) is 16.0. The van der Waals surface area contributed by atoms with E-state index in [1.165, 1.54) is 0 Å². The van der Waals surface area contributed by atoms with Gasteiger partial charge in [0.1, 0.15) is 5.82 Å². The van der Waals surface area contributed by atoms with Gasteiger partial charge >= 0.3 is 0 Å². The van der Waals surface area contributed by atoms with Crippen LogP contribution in [0.3, 0.4) is 0 Å². The average Bonchev–Trinajstić information content (AvgIpc) is 3.58. The number of carbonyl (C=O) groups is 2. The number of amides is 2. The zero-order chi connectivity index (χ0) is 23.7. The molecule has 4 atom stereocenters. The number of fused-ring (bicyclic) bond motifs is 2. The molecule has 2 aromatic rings. The Hall–Kier alpha value is -2.78. The van der Waals surface area contributed by atoms with Gasteiger partial charge in [0.25, 0.3) is 0 Å². The van der Waals surface area contributed by atoms with Crippen LogP contribution < -0.4 is 10.6 Å². The number of pyridine rings is 1. The maximum Gasteiger partial charge on any atom is 0.227 e. The van der Waals surface area contributed by atoms with Crippen LogP contribution in [0.1, 0.15) is 35.8 Å². The van der Waals surface area contributed by atoms with Crippen LogP contribution >= 0.6 is 11.3 Å². The third-order valence-corrected chi connectivity index (χ3v) is 8.14. The molecule has 3 heterocycles. The van der Waals surface area contributed by atoms with Gasteiger partial charge in [-0.2, -0.15) is 0 Å². The first-order valence-corrected chi connectivity index (χ1v) is 12.9. The van der Waals surface area contributed by atoms with Crippen LogP contribution in [0.15, 0.2) is 36.5 Å². The van der Waals surface area contributed by atoms with E-state index in [-0.39, 0.29) is 48.6 Å². The van der Waals surface area contributed by atoms with E-state index in [1.54, 1.807) is 11.3 Å². The van der Waals surface area contributed by atoms with Crippen molar-refractivity contribution >= 4 is 34.1 Å². The largest absolute Gasteiger partial charge is 0.395 e. The summed E-state index contributed by atoms with van der Waals surface area (Å²) in [6.45, 7) is 3.52. The van der Waals surface area contributed by atoms with Crippen LogP contribution in [-0.4, -0.2) is 58.0 Å². The molecule has 0 spiro atoms. The lowest BCUT2D eigenvalue weighted by molar-refractivity contribution is -0.143. The molecule has 3 aliphatic rings. The number of likely N-dealkylation sites (tertiary alicyclic amines) is 1. The molecule has 9 heteroatoms. The number of thiazole rings is 1. The van der Waals surface area contributed by atoms with E-state index in [0.717, 1.165) is 40.8 Å². The zero-order valence-electron chi connectivity index (χ0n) is 19.3. The van der Waals surface area contributed by atoms with Crippen molar-refractivity contribution in [1.82, 2.24) is 20.2 Å². The highest BCUT2D eigenvalue weighted by Gasteiger charge is 2.52. The van der Waals surface area contributed by atoms with Crippen molar-refractivity contribution < 1.29 is 14.7 Å². The van der Waals surface area contributed by atoms with Crippen molar-refractivity contribution in [3.63, 3.8) is 0 Å². The van der Waals surface area contributed by atoms with Crippen molar-refractivity contribution in [1.29, 1.82) is 0 Å². The zero-order valence-corrected chi connectivity index (χ0v) is 20.1. The number of rotatable bonds is 7. The quantitative estimate of drug-likeness (QED) is 0.525. The molecule has 1 aliphatic heterocycles. The van der Waals surface area contributed by atoms with Gasteiger partial charge < -0.3 is 20.6 Å². The number of nitrogens with one attached hydrogen (secondary N) is 2. The fourth-order valence-electron chi connectivity index (χ4n) is 5.69. The van der Waals surface area contributed by atoms with Gasteiger partial charge in [0, 0.05) is 42.3 Å². The first-order valence-electron chi connectivity index (χ1n) is 12.1. The molecule has 2 fully saturated rings. The Morgan fingerprint density at radius 3 is 2.65 bits per heavy atom. The summed E-state index contributed by atoms with van der Waals surface area (Å²) in [5.74, 6) is 0.715. The monoisotopic (exact) mass is 481 g/mol. The third-order valence-electron chi connectivity index (χ3n) is 7.31. The van der Waals surface area contributed by atoms with Crippen molar-refractivity contribution in [2.75, 3.05) is 31.6 Å². The van der Waals surface area contributed by atoms with Crippen molar-refractivity contribution in [2.45, 2.75) is 32.1 Å². The predicted octanol–water partition coefficient (Wildman–Crippen LogP) is 2.84. The van der Waals surface area contributed by atoms with E-state index in [0.29, 0.717) is 19.0 Å². The van der Waals surface area contributed by atoms with Crippen molar-refractivity contribution in [2.24, 2.45) is 23.7 Å². The summed E-state index contributed by atoms with van der Waals surface area (Å²) in [4.78, 5) is 38.5. The van der Waals surface area contributed by atoms with Crippen LogP contribution in [0.2, 0.25) is 0 Å². The molecule has 1 saturated heterocycles. The van der Waals surface area contributed by atoms with Gasteiger partial charge in [-0.3, -0.25) is 9.59 Å². The number of piperidine rings is 1. The van der Waals surface area contributed by atoms with Gasteiger partial charge in [0.15, 0.2) is 5.13 Å². The molecule has 2 aromatic heterocycles. The Morgan fingerprint density at radius 2 is 1.94 bits per heavy atom. The van der Waals surface area contributed by atoms with Crippen LogP contribution in [0.5, 0.6) is 0 Å². The van der Waals surface area contributed by atoms with Crippen LogP contribution in [0.25, 0.3) is 0 Å². The van der Waals surface area contributed by atoms with Crippen LogP contribution in [0.4, 0.5) is 10.9 Å². The summed E-state index contributed by atoms with van der Waals surface area (Å²) < 4.78 is 0. The molecule has 0 aromatic carbocycles. The summed E-state index contributed by atoms with van der Waals surface area (Å²) in [7, 11) is 0. The van der Waals surface area contributed by atoms with Gasteiger partial charge in [-0.05, 0) is 50.2 Å². The summed E-state index contributed by atoms with van der Waals surface area (Å²) >= 11 is 1.60. The van der Waals surface area contributed by atoms with E-state index < -0.39 is 0 Å². The molecule has 34 heavy (non-hydrogen) atoms. The average molecular weight is 482 g/mol. The van der Waals surface area contributed by atoms with Crippen molar-refractivity contribution in [3.8, 4) is 0 Å². The topological polar surface area (TPSA) is 107 Å². The molecule has 2 amide bonds. The van der Waals surface area contributed by atoms with Crippen LogP contribution in [-0.2, 0) is 9.59 Å². The third kappa shape index (κ3) is 4.59. The molecular weight excluding hydrogens is 450 g/mol. The molecule has 0 unspecified atom stereocenters. The number of aromatic nitrogens is 2. The summed E-state index contributed by atoms with van der Waals surface area (Å²) in [6, 6.07) is 6.02. The highest BCUT2D eigenvalue weighted by Crippen LogP contribution is 2.49. The fraction of sp³-hybridized carbons (Fsp3) is 0.520. The second-order valence-corrected chi connectivity index (χ2v) is 10.7. The van der Waals surface area contributed by atoms with E-state index in [1.807, 2.05) is 30.2 Å². The molecule has 3 N–H and O–H groups in total. The maximum absolute atomic E-state index is 13.5. The number of nitrogens with zero attached hydrogens (tertiary/aromatic N) is 3. The molecule has 1 saturated carbocycles. The molecular formula is C25H31N5O3S. The predicted molar refractivity (Wildman–Crippen MR) is 131 cm³/mol. The first kappa shape index (κ1) is 23.0. The standard InChI is InChI=1S/C25H31N5O3S/c1-15-14-27-25(34-15)29-20-4-2-3-19(28-20)16-7-10-30(11-8-16)24(33)22-18-6-5-17(13-18)21(22)23(32)26-9-12-31/h2-6,14,16-18,21-22,31H,7-13H2,1H3,(H,26,32)(H,27,28,29)/t17-,18-,21-,22+/m0/s1. The number of aliphatic hydroxyl groups excluding tert-OH is 1. The van der Waals surface area contributed by atoms with E-state index in [2.05, 4.69) is 33.8 Å².